The highest BCUT2D eigenvalue weighted by atomic mass is 32.2. The van der Waals surface area contributed by atoms with Crippen molar-refractivity contribution in [3.63, 3.8) is 0 Å². The lowest BCUT2D eigenvalue weighted by Gasteiger charge is -2.31. The zero-order chi connectivity index (χ0) is 16.4. The molecule has 0 bridgehead atoms. The number of nitrogens with zero attached hydrogens (tertiary/aromatic N) is 4. The Balaban J connectivity index is 1.98. The molecule has 0 unspecified atom stereocenters. The smallest absolute Gasteiger partial charge is 0.245 e. The molecule has 1 aromatic carbocycles. The highest BCUT2D eigenvalue weighted by Crippen LogP contribution is 2.29. The van der Waals surface area contributed by atoms with Gasteiger partial charge in [0.25, 0.3) is 0 Å². The summed E-state index contributed by atoms with van der Waals surface area (Å²) in [6.45, 7) is 3.32. The molecule has 0 amide bonds. The number of hydrogen-bond acceptors (Lipinski definition) is 8. The van der Waals surface area contributed by atoms with Crippen LogP contribution >= 0.6 is 0 Å². The first-order chi connectivity index (χ1) is 11.0. The molecule has 126 valence electrons. The number of nitrogens with one attached hydrogen (secondary N) is 1. The highest BCUT2D eigenvalue weighted by molar-refractivity contribution is 7.89. The van der Waals surface area contributed by atoms with E-state index in [9.17, 15) is 8.42 Å². The topological polar surface area (TPSA) is 118 Å². The van der Waals surface area contributed by atoms with Gasteiger partial charge in [-0.3, -0.25) is 0 Å². The molecule has 1 fully saturated rings. The average molecular weight is 340 g/mol. The number of sulfonamides is 1. The van der Waals surface area contributed by atoms with Crippen LogP contribution < -0.4 is 11.1 Å². The summed E-state index contributed by atoms with van der Waals surface area (Å²) in [5.74, 6) is 0. The molecular formula is C13H20N6O3S. The molecule has 0 atom stereocenters. The van der Waals surface area contributed by atoms with Gasteiger partial charge in [0.15, 0.2) is 11.0 Å². The van der Waals surface area contributed by atoms with Gasteiger partial charge in [0, 0.05) is 39.3 Å². The van der Waals surface area contributed by atoms with Crippen LogP contribution in [0.1, 0.15) is 0 Å². The van der Waals surface area contributed by atoms with Crippen molar-refractivity contribution in [3.8, 4) is 0 Å². The van der Waals surface area contributed by atoms with Crippen LogP contribution in [0.2, 0.25) is 0 Å². The van der Waals surface area contributed by atoms with Crippen LogP contribution in [-0.4, -0.2) is 74.3 Å². The summed E-state index contributed by atoms with van der Waals surface area (Å²) in [6, 6.07) is 3.21. The van der Waals surface area contributed by atoms with Crippen molar-refractivity contribution in [1.29, 1.82) is 0 Å². The van der Waals surface area contributed by atoms with E-state index in [1.54, 1.807) is 12.1 Å². The molecule has 1 aliphatic rings. The van der Waals surface area contributed by atoms with Crippen LogP contribution in [0.3, 0.4) is 0 Å². The fraction of sp³-hybridized carbons (Fsp3) is 0.538. The third-order valence-electron chi connectivity index (χ3n) is 3.92. The van der Waals surface area contributed by atoms with E-state index in [4.69, 9.17) is 10.4 Å². The first-order valence-corrected chi connectivity index (χ1v) is 8.86. The van der Waals surface area contributed by atoms with Crippen LogP contribution in [-0.2, 0) is 10.0 Å². The molecule has 0 radical (unpaired) electrons. The van der Waals surface area contributed by atoms with Crippen LogP contribution in [0.4, 0.5) is 5.69 Å². The third kappa shape index (κ3) is 3.02. The molecular weight excluding hydrogens is 320 g/mol. The summed E-state index contributed by atoms with van der Waals surface area (Å²) in [4.78, 5) is 2.22. The van der Waals surface area contributed by atoms with Gasteiger partial charge in [-0.2, -0.15) is 4.31 Å². The van der Waals surface area contributed by atoms with E-state index in [-0.39, 0.29) is 10.4 Å². The number of fused-ring (bicyclic) bond motifs is 1. The molecule has 10 heteroatoms. The van der Waals surface area contributed by atoms with Gasteiger partial charge in [-0.15, -0.1) is 0 Å². The van der Waals surface area contributed by atoms with Crippen molar-refractivity contribution in [3.05, 3.63) is 12.1 Å². The summed E-state index contributed by atoms with van der Waals surface area (Å²) >= 11 is 0. The number of anilines is 1. The largest absolute Gasteiger partial charge is 0.382 e. The van der Waals surface area contributed by atoms with E-state index in [2.05, 4.69) is 20.5 Å². The molecule has 1 aromatic heterocycles. The van der Waals surface area contributed by atoms with Gasteiger partial charge < -0.3 is 16.0 Å². The number of nitrogens with two attached hydrogens (primary N) is 1. The predicted molar refractivity (Wildman–Crippen MR) is 85.6 cm³/mol. The van der Waals surface area contributed by atoms with E-state index in [0.717, 1.165) is 0 Å². The van der Waals surface area contributed by atoms with Crippen LogP contribution in [0.5, 0.6) is 0 Å². The van der Waals surface area contributed by atoms with E-state index in [1.165, 1.54) is 4.31 Å². The quantitative estimate of drug-likeness (QED) is 0.750. The van der Waals surface area contributed by atoms with Crippen molar-refractivity contribution in [2.75, 3.05) is 51.6 Å². The second kappa shape index (κ2) is 6.40. The maximum Gasteiger partial charge on any atom is 0.245 e. The van der Waals surface area contributed by atoms with E-state index in [1.807, 2.05) is 7.05 Å². The number of benzene rings is 1. The second-order valence-electron chi connectivity index (χ2n) is 5.50. The Kier molecular flexibility index (Phi) is 4.48. The summed E-state index contributed by atoms with van der Waals surface area (Å²) in [5.41, 5.74) is 6.77. The second-order valence-corrected chi connectivity index (χ2v) is 7.40. The maximum absolute atomic E-state index is 12.9. The normalized spacial score (nSPS) is 17.7. The van der Waals surface area contributed by atoms with Crippen molar-refractivity contribution >= 4 is 26.7 Å². The summed E-state index contributed by atoms with van der Waals surface area (Å²) in [7, 11) is -1.65. The van der Waals surface area contributed by atoms with Gasteiger partial charge in [-0.25, -0.2) is 13.0 Å². The van der Waals surface area contributed by atoms with Crippen molar-refractivity contribution in [1.82, 2.24) is 19.5 Å². The fourth-order valence-electron chi connectivity index (χ4n) is 2.57. The molecule has 3 N–H and O–H groups in total. The van der Waals surface area contributed by atoms with E-state index >= 15 is 0 Å². The Hall–Kier alpha value is -1.75. The van der Waals surface area contributed by atoms with Gasteiger partial charge in [0.2, 0.25) is 10.0 Å². The Bertz CT molecular complexity index is 782. The molecule has 1 saturated heterocycles. The molecule has 2 heterocycles. The first-order valence-electron chi connectivity index (χ1n) is 7.42. The van der Waals surface area contributed by atoms with Gasteiger partial charge >= 0.3 is 0 Å². The number of rotatable bonds is 5. The lowest BCUT2D eigenvalue weighted by Crippen LogP contribution is -2.47. The summed E-state index contributed by atoms with van der Waals surface area (Å²) in [5, 5.41) is 10.7. The Morgan fingerprint density at radius 3 is 2.61 bits per heavy atom. The number of likely N-dealkylation sites (N-methyl/N-ethyl adjacent to an activating group) is 1. The molecule has 9 nitrogen and oxygen atoms in total. The molecule has 2 aromatic rings. The van der Waals surface area contributed by atoms with Gasteiger partial charge in [0.1, 0.15) is 4.90 Å². The SMILES string of the molecule is CN1CCN(S(=O)(=O)c2ccc(NCCN)c3nonc23)CC1. The Morgan fingerprint density at radius 2 is 1.91 bits per heavy atom. The van der Waals surface area contributed by atoms with Crippen molar-refractivity contribution < 1.29 is 13.0 Å². The molecule has 0 spiro atoms. The molecule has 23 heavy (non-hydrogen) atoms. The molecule has 1 aliphatic heterocycles. The Morgan fingerprint density at radius 1 is 1.22 bits per heavy atom. The molecule has 0 saturated carbocycles. The maximum atomic E-state index is 12.9. The lowest BCUT2D eigenvalue weighted by molar-refractivity contribution is 0.222. The van der Waals surface area contributed by atoms with Crippen molar-refractivity contribution in [2.24, 2.45) is 5.73 Å². The van der Waals surface area contributed by atoms with Crippen LogP contribution in [0.15, 0.2) is 21.7 Å². The standard InChI is InChI=1S/C13H20N6O3S/c1-18-6-8-19(9-7-18)23(20,21)11-3-2-10(15-5-4-14)12-13(11)17-22-16-12/h2-3,15H,4-9,14H2,1H3. The first kappa shape index (κ1) is 16.1. The molecule has 0 aliphatic carbocycles. The summed E-state index contributed by atoms with van der Waals surface area (Å²) in [6.07, 6.45) is 0. The zero-order valence-corrected chi connectivity index (χ0v) is 13.7. The van der Waals surface area contributed by atoms with E-state index < -0.39 is 10.0 Å². The minimum absolute atomic E-state index is 0.122. The lowest BCUT2D eigenvalue weighted by atomic mass is 10.2. The third-order valence-corrected chi connectivity index (χ3v) is 5.85. The summed E-state index contributed by atoms with van der Waals surface area (Å²) < 4.78 is 32.0. The fourth-order valence-corrected chi connectivity index (χ4v) is 4.11. The molecule has 3 rings (SSSR count). The number of hydrogen-bond donors (Lipinski definition) is 2. The average Bonchev–Trinajstić information content (AvgIpc) is 3.02. The minimum Gasteiger partial charge on any atom is -0.382 e. The van der Waals surface area contributed by atoms with Crippen LogP contribution in [0.25, 0.3) is 11.0 Å². The van der Waals surface area contributed by atoms with Gasteiger partial charge in [0.05, 0.1) is 5.69 Å². The van der Waals surface area contributed by atoms with Gasteiger partial charge in [-0.1, -0.05) is 0 Å². The number of aromatic nitrogens is 2. The monoisotopic (exact) mass is 340 g/mol. The van der Waals surface area contributed by atoms with Gasteiger partial charge in [-0.05, 0) is 29.5 Å². The van der Waals surface area contributed by atoms with Crippen molar-refractivity contribution in [2.45, 2.75) is 4.90 Å². The van der Waals surface area contributed by atoms with E-state index in [0.29, 0.717) is 50.5 Å². The predicted octanol–water partition coefficient (Wildman–Crippen LogP) is -0.470. The van der Waals surface area contributed by atoms with Crippen LogP contribution in [0, 0.1) is 0 Å². The minimum atomic E-state index is -3.63. The highest BCUT2D eigenvalue weighted by Gasteiger charge is 2.30. The number of piperazine rings is 1. The Labute approximate surface area is 134 Å². The zero-order valence-electron chi connectivity index (χ0n) is 12.9.